The van der Waals surface area contributed by atoms with Gasteiger partial charge in [0.05, 0.1) is 5.69 Å². The number of rotatable bonds is 3. The van der Waals surface area contributed by atoms with E-state index in [1.807, 2.05) is 19.1 Å². The van der Waals surface area contributed by atoms with Crippen LogP contribution in [0.1, 0.15) is 5.56 Å². The number of aryl methyl sites for hydroxylation is 1. The first-order valence-corrected chi connectivity index (χ1v) is 5.61. The van der Waals surface area contributed by atoms with Crippen molar-refractivity contribution in [3.8, 4) is 0 Å². The highest BCUT2D eigenvalue weighted by molar-refractivity contribution is 7.87. The van der Waals surface area contributed by atoms with Gasteiger partial charge in [-0.1, -0.05) is 17.7 Å². The van der Waals surface area contributed by atoms with Crippen LogP contribution in [-0.2, 0) is 14.3 Å². The summed E-state index contributed by atoms with van der Waals surface area (Å²) in [7, 11) is -2.94. The van der Waals surface area contributed by atoms with Gasteiger partial charge in [-0.25, -0.2) is 8.99 Å². The second-order valence-electron chi connectivity index (χ2n) is 2.82. The maximum absolute atomic E-state index is 10.8. The summed E-state index contributed by atoms with van der Waals surface area (Å²) in [5, 5.41) is 0. The molecular weight excluding hydrogens is 188 g/mol. The third kappa shape index (κ3) is 3.91. The molecule has 5 heteroatoms. The third-order valence-electron chi connectivity index (χ3n) is 1.37. The van der Waals surface area contributed by atoms with Gasteiger partial charge in [0.1, 0.15) is 0 Å². The molecular formula is C8H12N2O2S. The summed E-state index contributed by atoms with van der Waals surface area (Å²) in [4.78, 5) is 0. The Morgan fingerprint density at radius 3 is 2.38 bits per heavy atom. The topological polar surface area (TPSA) is 62.2 Å². The Morgan fingerprint density at radius 2 is 1.92 bits per heavy atom. The van der Waals surface area contributed by atoms with Crippen molar-refractivity contribution in [2.75, 3.05) is 11.7 Å². The minimum Gasteiger partial charge on any atom is -0.251 e. The maximum atomic E-state index is 10.8. The summed E-state index contributed by atoms with van der Waals surface area (Å²) in [5.41, 5.74) is 4.27. The zero-order chi connectivity index (χ0) is 9.90. The van der Waals surface area contributed by atoms with Crippen molar-refractivity contribution in [2.45, 2.75) is 6.92 Å². The molecule has 0 saturated carbocycles. The Labute approximate surface area is 78.1 Å². The summed E-state index contributed by atoms with van der Waals surface area (Å²) in [6, 6.07) is 7.38. The zero-order valence-electron chi connectivity index (χ0n) is 7.53. The highest BCUT2D eigenvalue weighted by atomic mass is 32.2. The Morgan fingerprint density at radius 1 is 1.38 bits per heavy atom. The maximum Gasteiger partial charge on any atom is 0.179 e. The molecule has 72 valence electrons. The molecule has 1 unspecified atom stereocenters. The van der Waals surface area contributed by atoms with Gasteiger partial charge < -0.3 is 0 Å². The van der Waals surface area contributed by atoms with Crippen molar-refractivity contribution in [2.24, 2.45) is 0 Å². The highest BCUT2D eigenvalue weighted by Gasteiger charge is 1.96. The number of anilines is 1. The van der Waals surface area contributed by atoms with Gasteiger partial charge in [0.15, 0.2) is 10.0 Å². The molecule has 0 bridgehead atoms. The van der Waals surface area contributed by atoms with Crippen molar-refractivity contribution in [1.82, 2.24) is 0 Å². The summed E-state index contributed by atoms with van der Waals surface area (Å²) in [6.07, 6.45) is 1.20. The van der Waals surface area contributed by atoms with Gasteiger partial charge in [-0.2, -0.15) is 4.28 Å². The van der Waals surface area contributed by atoms with Crippen LogP contribution in [0, 0.1) is 11.7 Å². The highest BCUT2D eigenvalue weighted by Crippen LogP contribution is 2.08. The van der Waals surface area contributed by atoms with Crippen LogP contribution in [0.15, 0.2) is 24.3 Å². The van der Waals surface area contributed by atoms with Crippen molar-refractivity contribution < 1.29 is 8.49 Å². The molecule has 1 aromatic rings. The molecule has 0 fully saturated rings. The fourth-order valence-electron chi connectivity index (χ4n) is 0.749. The lowest BCUT2D eigenvalue weighted by Gasteiger charge is -2.05. The fraction of sp³-hybridized carbons (Fsp3) is 0.250. The van der Waals surface area contributed by atoms with E-state index < -0.39 is 10.0 Å². The summed E-state index contributed by atoms with van der Waals surface area (Å²) in [5.74, 6) is 0. The molecule has 0 saturated heterocycles. The van der Waals surface area contributed by atoms with Gasteiger partial charge in [-0.3, -0.25) is 5.48 Å². The van der Waals surface area contributed by atoms with Crippen LogP contribution in [-0.4, -0.2) is 10.5 Å². The van der Waals surface area contributed by atoms with Gasteiger partial charge >= 0.3 is 0 Å². The van der Waals surface area contributed by atoms with E-state index in [1.54, 1.807) is 12.1 Å². The van der Waals surface area contributed by atoms with E-state index in [-0.39, 0.29) is 0 Å². The normalized spacial score (nSPS) is 14.9. The standard InChI is InChI=1S/C8H12N2O2S/c1-7-3-5-8(6-4-7)10-12-13(2,9)11/h3-6,9-10H,1-2H3. The zero-order valence-corrected chi connectivity index (χ0v) is 8.35. The minimum atomic E-state index is -2.94. The van der Waals surface area contributed by atoms with E-state index in [1.165, 1.54) is 6.26 Å². The molecule has 1 atom stereocenters. The molecule has 0 radical (unpaired) electrons. The van der Waals surface area contributed by atoms with Crippen molar-refractivity contribution in [3.05, 3.63) is 29.8 Å². The van der Waals surface area contributed by atoms with Crippen LogP contribution in [0.4, 0.5) is 5.69 Å². The van der Waals surface area contributed by atoms with Crippen LogP contribution < -0.4 is 5.48 Å². The van der Waals surface area contributed by atoms with Crippen molar-refractivity contribution >= 4 is 15.7 Å². The van der Waals surface area contributed by atoms with Gasteiger partial charge in [-0.05, 0) is 19.1 Å². The van der Waals surface area contributed by atoms with E-state index >= 15 is 0 Å². The molecule has 1 rings (SSSR count). The van der Waals surface area contributed by atoms with Crippen molar-refractivity contribution in [1.29, 1.82) is 4.78 Å². The first-order valence-electron chi connectivity index (χ1n) is 3.72. The Hall–Kier alpha value is -1.07. The molecule has 0 spiro atoms. The molecule has 0 aliphatic heterocycles. The first kappa shape index (κ1) is 10.0. The van der Waals surface area contributed by atoms with E-state index in [0.717, 1.165) is 5.56 Å². The predicted octanol–water partition coefficient (Wildman–Crippen LogP) is 1.93. The van der Waals surface area contributed by atoms with E-state index in [9.17, 15) is 4.21 Å². The molecule has 0 aromatic heterocycles. The van der Waals surface area contributed by atoms with Gasteiger partial charge in [0.2, 0.25) is 0 Å². The quantitative estimate of drug-likeness (QED) is 0.733. The van der Waals surface area contributed by atoms with Crippen LogP contribution >= 0.6 is 0 Å². The molecule has 0 aliphatic rings. The lowest BCUT2D eigenvalue weighted by Crippen LogP contribution is -2.07. The largest absolute Gasteiger partial charge is 0.251 e. The Balaban J connectivity index is 2.61. The molecule has 0 heterocycles. The van der Waals surface area contributed by atoms with Gasteiger partial charge in [0.25, 0.3) is 0 Å². The molecule has 2 N–H and O–H groups in total. The third-order valence-corrected chi connectivity index (χ3v) is 1.77. The molecule has 4 nitrogen and oxygen atoms in total. The summed E-state index contributed by atoms with van der Waals surface area (Å²) >= 11 is 0. The smallest absolute Gasteiger partial charge is 0.179 e. The average Bonchev–Trinajstić information content (AvgIpc) is 2.02. The Kier molecular flexibility index (Phi) is 2.90. The minimum absolute atomic E-state index is 0.687. The van der Waals surface area contributed by atoms with E-state index in [2.05, 4.69) is 9.76 Å². The molecule has 0 amide bonds. The van der Waals surface area contributed by atoms with Crippen LogP contribution in [0.2, 0.25) is 0 Å². The lowest BCUT2D eigenvalue weighted by atomic mass is 10.2. The molecule has 13 heavy (non-hydrogen) atoms. The van der Waals surface area contributed by atoms with Crippen LogP contribution in [0.3, 0.4) is 0 Å². The number of hydrogen-bond acceptors (Lipinski definition) is 4. The summed E-state index contributed by atoms with van der Waals surface area (Å²) < 4.78 is 22.4. The molecule has 1 aromatic carbocycles. The summed E-state index contributed by atoms with van der Waals surface area (Å²) in [6.45, 7) is 1.97. The van der Waals surface area contributed by atoms with Gasteiger partial charge in [-0.15, -0.1) is 0 Å². The predicted molar refractivity (Wildman–Crippen MR) is 52.7 cm³/mol. The monoisotopic (exact) mass is 200 g/mol. The first-order chi connectivity index (χ1) is 5.97. The lowest BCUT2D eigenvalue weighted by molar-refractivity contribution is 0.429. The second-order valence-corrected chi connectivity index (χ2v) is 4.53. The van der Waals surface area contributed by atoms with Crippen molar-refractivity contribution in [3.63, 3.8) is 0 Å². The number of nitrogens with one attached hydrogen (secondary N) is 2. The van der Waals surface area contributed by atoms with Gasteiger partial charge in [0, 0.05) is 6.26 Å². The fourth-order valence-corrected chi connectivity index (χ4v) is 1.00. The number of hydrogen-bond donors (Lipinski definition) is 2. The van der Waals surface area contributed by atoms with E-state index in [4.69, 9.17) is 4.78 Å². The molecule has 0 aliphatic carbocycles. The van der Waals surface area contributed by atoms with E-state index in [0.29, 0.717) is 5.69 Å². The van der Waals surface area contributed by atoms with Crippen LogP contribution in [0.25, 0.3) is 0 Å². The Bertz CT molecular complexity index is 370. The average molecular weight is 200 g/mol. The SMILES string of the molecule is Cc1ccc(NOS(C)(=N)=O)cc1. The number of benzene rings is 1. The second kappa shape index (κ2) is 3.76. The van der Waals surface area contributed by atoms with Crippen LogP contribution in [0.5, 0.6) is 0 Å².